The number of aliphatic hydroxyl groups is 1. The van der Waals surface area contributed by atoms with Gasteiger partial charge in [-0.3, -0.25) is 37.3 Å². The summed E-state index contributed by atoms with van der Waals surface area (Å²) in [6, 6.07) is 0. The highest BCUT2D eigenvalue weighted by Gasteiger charge is 2.30. The van der Waals surface area contributed by atoms with Gasteiger partial charge >= 0.3 is 39.5 Å². The number of aliphatic hydroxyl groups excluding tert-OH is 1. The summed E-state index contributed by atoms with van der Waals surface area (Å²) in [5, 5.41) is 10.5. The van der Waals surface area contributed by atoms with Crippen LogP contribution >= 0.6 is 15.6 Å². The molecule has 0 aliphatic heterocycles. The summed E-state index contributed by atoms with van der Waals surface area (Å²) < 4.78 is 67.7. The maximum atomic E-state index is 12.9. The predicted octanol–water partition coefficient (Wildman–Crippen LogP) is 15.8. The Bertz CT molecular complexity index is 1590. The number of esters is 4. The molecular formula is C60H116O17P2. The lowest BCUT2D eigenvalue weighted by Gasteiger charge is -2.21. The summed E-state index contributed by atoms with van der Waals surface area (Å²) >= 11 is 0. The minimum absolute atomic E-state index is 0.100. The largest absolute Gasteiger partial charge is 0.472 e. The zero-order valence-electron chi connectivity index (χ0n) is 51.0. The number of hydrogen-bond donors (Lipinski definition) is 3. The van der Waals surface area contributed by atoms with E-state index in [2.05, 4.69) is 55.4 Å². The molecule has 0 bridgehead atoms. The van der Waals surface area contributed by atoms with Crippen molar-refractivity contribution in [1.29, 1.82) is 0 Å². The van der Waals surface area contributed by atoms with Crippen molar-refractivity contribution in [3.63, 3.8) is 0 Å². The van der Waals surface area contributed by atoms with Crippen LogP contribution in [0.1, 0.15) is 280 Å². The van der Waals surface area contributed by atoms with Crippen molar-refractivity contribution in [2.45, 2.75) is 298 Å². The van der Waals surface area contributed by atoms with Crippen LogP contribution in [0.3, 0.4) is 0 Å². The summed E-state index contributed by atoms with van der Waals surface area (Å²) in [4.78, 5) is 71.9. The molecule has 3 N–H and O–H groups in total. The molecule has 2 unspecified atom stereocenters. The summed E-state index contributed by atoms with van der Waals surface area (Å²) in [6.07, 6.45) is 28.5. The summed E-state index contributed by atoms with van der Waals surface area (Å²) in [6.45, 7) is 13.8. The molecular weight excluding hydrogens is 1050 g/mol. The molecule has 468 valence electrons. The van der Waals surface area contributed by atoms with Crippen LogP contribution in [0.25, 0.3) is 0 Å². The Labute approximate surface area is 479 Å². The van der Waals surface area contributed by atoms with E-state index in [1.54, 1.807) is 0 Å². The standard InChI is InChI=1S/C60H116O17P2/c1-50(2)36-28-20-12-10-9-11-13-26-34-42-59(64)76-55(46-70-57(62)40-32-24-17-14-21-29-37-51(3)4)48-74-78(66,67)72-44-54(61)45-73-79(68,69)75-49-56(77-60(65)43-35-27-19-16-23-31-39-53(7)8)47-71-58(63)41-33-25-18-15-22-30-38-52(5)6/h50-56,61H,9-49H2,1-8H3,(H,66,67)(H,68,69)/t54-,55+,56+/m0/s1. The van der Waals surface area contributed by atoms with Gasteiger partial charge in [0.15, 0.2) is 12.2 Å². The van der Waals surface area contributed by atoms with E-state index in [1.165, 1.54) is 70.6 Å². The van der Waals surface area contributed by atoms with E-state index in [4.69, 9.17) is 37.0 Å². The number of phosphoric acid groups is 2. The van der Waals surface area contributed by atoms with Gasteiger partial charge in [0.1, 0.15) is 19.3 Å². The molecule has 0 aromatic heterocycles. The van der Waals surface area contributed by atoms with Crippen molar-refractivity contribution in [3.8, 4) is 0 Å². The van der Waals surface area contributed by atoms with Crippen LogP contribution in [0.5, 0.6) is 0 Å². The van der Waals surface area contributed by atoms with Gasteiger partial charge in [-0.25, -0.2) is 9.13 Å². The Morgan fingerprint density at radius 2 is 0.532 bits per heavy atom. The lowest BCUT2D eigenvalue weighted by atomic mass is 10.0. The average Bonchev–Trinajstić information content (AvgIpc) is 3.38. The van der Waals surface area contributed by atoms with Crippen LogP contribution < -0.4 is 0 Å². The predicted molar refractivity (Wildman–Crippen MR) is 312 cm³/mol. The van der Waals surface area contributed by atoms with Crippen molar-refractivity contribution in [2.75, 3.05) is 39.6 Å². The van der Waals surface area contributed by atoms with Gasteiger partial charge in [-0.1, -0.05) is 229 Å². The number of rotatable bonds is 57. The molecule has 17 nitrogen and oxygen atoms in total. The zero-order valence-corrected chi connectivity index (χ0v) is 52.8. The molecule has 0 aliphatic rings. The maximum Gasteiger partial charge on any atom is 0.472 e. The van der Waals surface area contributed by atoms with Crippen LogP contribution in [0.2, 0.25) is 0 Å². The number of carbonyl (C=O) groups excluding carboxylic acids is 4. The number of ether oxygens (including phenoxy) is 4. The Morgan fingerprint density at radius 3 is 0.785 bits per heavy atom. The quantitative estimate of drug-likeness (QED) is 0.0222. The van der Waals surface area contributed by atoms with Gasteiger partial charge in [0.05, 0.1) is 26.4 Å². The Morgan fingerprint density at radius 1 is 0.316 bits per heavy atom. The Balaban J connectivity index is 5.24. The fraction of sp³-hybridized carbons (Fsp3) is 0.933. The molecule has 0 aromatic carbocycles. The molecule has 0 rings (SSSR count). The third-order valence-corrected chi connectivity index (χ3v) is 15.5. The van der Waals surface area contributed by atoms with Crippen LogP contribution in [0, 0.1) is 23.7 Å². The maximum absolute atomic E-state index is 12.9. The Kier molecular flexibility index (Phi) is 49.3. The third-order valence-electron chi connectivity index (χ3n) is 13.6. The second-order valence-corrected chi connectivity index (χ2v) is 26.5. The summed E-state index contributed by atoms with van der Waals surface area (Å²) in [5.74, 6) is 0.613. The molecule has 0 saturated carbocycles. The molecule has 0 saturated heterocycles. The first kappa shape index (κ1) is 77.1. The first-order valence-corrected chi connectivity index (χ1v) is 34.2. The van der Waals surface area contributed by atoms with Gasteiger partial charge in [-0.15, -0.1) is 0 Å². The van der Waals surface area contributed by atoms with Crippen molar-refractivity contribution in [3.05, 3.63) is 0 Å². The van der Waals surface area contributed by atoms with E-state index < -0.39 is 97.5 Å². The van der Waals surface area contributed by atoms with Crippen LogP contribution in [-0.2, 0) is 65.4 Å². The number of hydrogen-bond acceptors (Lipinski definition) is 15. The molecule has 5 atom stereocenters. The zero-order chi connectivity index (χ0) is 59.0. The van der Waals surface area contributed by atoms with E-state index in [1.807, 2.05) is 0 Å². The van der Waals surface area contributed by atoms with Crippen molar-refractivity contribution >= 4 is 39.5 Å². The first-order chi connectivity index (χ1) is 37.6. The van der Waals surface area contributed by atoms with E-state index in [0.29, 0.717) is 43.4 Å². The highest BCUT2D eigenvalue weighted by molar-refractivity contribution is 7.47. The van der Waals surface area contributed by atoms with Gasteiger partial charge in [-0.05, 0) is 49.4 Å². The van der Waals surface area contributed by atoms with Gasteiger partial charge in [0.2, 0.25) is 0 Å². The lowest BCUT2D eigenvalue weighted by molar-refractivity contribution is -0.161. The van der Waals surface area contributed by atoms with Crippen molar-refractivity contribution in [2.24, 2.45) is 23.7 Å². The third kappa shape index (κ3) is 55.0. The molecule has 0 fully saturated rings. The van der Waals surface area contributed by atoms with Crippen molar-refractivity contribution in [1.82, 2.24) is 0 Å². The van der Waals surface area contributed by atoms with E-state index in [0.717, 1.165) is 109 Å². The van der Waals surface area contributed by atoms with Gasteiger partial charge in [-0.2, -0.15) is 0 Å². The van der Waals surface area contributed by atoms with Gasteiger partial charge in [0, 0.05) is 25.7 Å². The fourth-order valence-electron chi connectivity index (χ4n) is 8.72. The normalized spacial score (nSPS) is 14.6. The fourth-order valence-corrected chi connectivity index (χ4v) is 10.3. The molecule has 0 aromatic rings. The van der Waals surface area contributed by atoms with Crippen LogP contribution in [0.15, 0.2) is 0 Å². The molecule has 0 heterocycles. The SMILES string of the molecule is CC(C)CCCCCCCCCCCC(=O)O[C@H](COC(=O)CCCCCCCCC(C)C)COP(=O)(O)OC[C@H](O)COP(=O)(O)OC[C@@H](COC(=O)CCCCCCCCC(C)C)OC(=O)CCCCCCCCC(C)C. The average molecular weight is 1170 g/mol. The number of unbranched alkanes of at least 4 members (excludes halogenated alkanes) is 23. The van der Waals surface area contributed by atoms with Crippen LogP contribution in [-0.4, -0.2) is 96.7 Å². The summed E-state index contributed by atoms with van der Waals surface area (Å²) in [7, 11) is -9.88. The van der Waals surface area contributed by atoms with E-state index in [-0.39, 0.29) is 25.7 Å². The first-order valence-electron chi connectivity index (χ1n) is 31.2. The topological polar surface area (TPSA) is 237 Å². The smallest absolute Gasteiger partial charge is 0.462 e. The van der Waals surface area contributed by atoms with Gasteiger partial charge in [0.25, 0.3) is 0 Å². The Hall–Kier alpha value is -1.94. The van der Waals surface area contributed by atoms with Crippen molar-refractivity contribution < 1.29 is 80.2 Å². The second-order valence-electron chi connectivity index (χ2n) is 23.6. The number of phosphoric ester groups is 2. The monoisotopic (exact) mass is 1170 g/mol. The molecule has 0 spiro atoms. The molecule has 0 amide bonds. The second kappa shape index (κ2) is 50.6. The minimum Gasteiger partial charge on any atom is -0.462 e. The lowest BCUT2D eigenvalue weighted by Crippen LogP contribution is -2.30. The highest BCUT2D eigenvalue weighted by Crippen LogP contribution is 2.45. The molecule has 0 radical (unpaired) electrons. The number of carbonyl (C=O) groups is 4. The summed E-state index contributed by atoms with van der Waals surface area (Å²) in [5.41, 5.74) is 0. The van der Waals surface area contributed by atoms with Crippen LogP contribution in [0.4, 0.5) is 0 Å². The van der Waals surface area contributed by atoms with E-state index >= 15 is 0 Å². The van der Waals surface area contributed by atoms with Gasteiger partial charge < -0.3 is 33.8 Å². The highest BCUT2D eigenvalue weighted by atomic mass is 31.2. The molecule has 79 heavy (non-hydrogen) atoms. The minimum atomic E-state index is -4.94. The molecule has 19 heteroatoms. The van der Waals surface area contributed by atoms with E-state index in [9.17, 15) is 43.2 Å². The molecule has 0 aliphatic carbocycles.